The lowest BCUT2D eigenvalue weighted by Gasteiger charge is -2.44. The summed E-state index contributed by atoms with van der Waals surface area (Å²) in [5.74, 6) is -0.150. The standard InChI is InChI=1S/C21H25N3O4/c25-19(24-11-5-7-15-6-1-4-10-18(15)24)13-28-20(26)12-23-14-22-17-9-3-2-8-16(17)21(23)27/h2-3,8-9,14-15,18H,1,4-7,10-13H2/t15-,18+/m1/s1. The Morgan fingerprint density at radius 2 is 1.89 bits per heavy atom. The molecular weight excluding hydrogens is 358 g/mol. The molecule has 1 saturated heterocycles. The highest BCUT2D eigenvalue weighted by molar-refractivity contribution is 5.81. The maximum atomic E-state index is 12.6. The fourth-order valence-corrected chi connectivity index (χ4v) is 4.56. The number of esters is 1. The van der Waals surface area contributed by atoms with Crippen LogP contribution in [-0.4, -0.2) is 45.5 Å². The SMILES string of the molecule is O=C(Cn1cnc2ccccc2c1=O)OCC(=O)N1CCC[C@H]2CCCC[C@@H]21. The van der Waals surface area contributed by atoms with Crippen LogP contribution in [0.15, 0.2) is 35.4 Å². The second kappa shape index (κ2) is 8.12. The summed E-state index contributed by atoms with van der Waals surface area (Å²) in [4.78, 5) is 43.4. The molecule has 28 heavy (non-hydrogen) atoms. The molecule has 1 aliphatic heterocycles. The Balaban J connectivity index is 1.36. The highest BCUT2D eigenvalue weighted by Gasteiger charge is 2.35. The van der Waals surface area contributed by atoms with Crippen molar-refractivity contribution < 1.29 is 14.3 Å². The Morgan fingerprint density at radius 1 is 1.11 bits per heavy atom. The van der Waals surface area contributed by atoms with Gasteiger partial charge in [-0.1, -0.05) is 25.0 Å². The number of benzene rings is 1. The molecule has 2 heterocycles. The van der Waals surface area contributed by atoms with E-state index < -0.39 is 5.97 Å². The summed E-state index contributed by atoms with van der Waals surface area (Å²) in [6.07, 6.45) is 8.17. The van der Waals surface area contributed by atoms with Crippen molar-refractivity contribution in [3.8, 4) is 0 Å². The first kappa shape index (κ1) is 18.7. The molecule has 2 atom stereocenters. The quantitative estimate of drug-likeness (QED) is 0.756. The summed E-state index contributed by atoms with van der Waals surface area (Å²) in [6.45, 7) is 0.222. The number of carbonyl (C=O) groups excluding carboxylic acids is 2. The molecule has 148 valence electrons. The number of amides is 1. The number of aromatic nitrogens is 2. The topological polar surface area (TPSA) is 81.5 Å². The van der Waals surface area contributed by atoms with Gasteiger partial charge in [-0.05, 0) is 43.7 Å². The lowest BCUT2D eigenvalue weighted by molar-refractivity contribution is -0.155. The molecule has 0 radical (unpaired) electrons. The zero-order chi connectivity index (χ0) is 19.5. The lowest BCUT2D eigenvalue weighted by Crippen LogP contribution is -2.51. The van der Waals surface area contributed by atoms with Gasteiger partial charge in [0.2, 0.25) is 0 Å². The van der Waals surface area contributed by atoms with E-state index in [1.165, 1.54) is 30.2 Å². The van der Waals surface area contributed by atoms with Crippen LogP contribution in [0.25, 0.3) is 10.9 Å². The number of piperidine rings is 1. The number of fused-ring (bicyclic) bond motifs is 2. The zero-order valence-electron chi connectivity index (χ0n) is 15.9. The van der Waals surface area contributed by atoms with Crippen LogP contribution < -0.4 is 5.56 Å². The molecule has 2 fully saturated rings. The van der Waals surface area contributed by atoms with E-state index in [1.54, 1.807) is 24.3 Å². The van der Waals surface area contributed by atoms with Crippen molar-refractivity contribution in [3.05, 3.63) is 40.9 Å². The van der Waals surface area contributed by atoms with Crippen molar-refractivity contribution in [1.29, 1.82) is 0 Å². The van der Waals surface area contributed by atoms with Gasteiger partial charge in [-0.3, -0.25) is 19.0 Å². The fourth-order valence-electron chi connectivity index (χ4n) is 4.56. The van der Waals surface area contributed by atoms with E-state index in [0.717, 1.165) is 25.8 Å². The molecule has 0 unspecified atom stereocenters. The molecule has 2 aromatic rings. The normalized spacial score (nSPS) is 21.9. The van der Waals surface area contributed by atoms with Crippen LogP contribution in [0.1, 0.15) is 38.5 Å². The van der Waals surface area contributed by atoms with Crippen molar-refractivity contribution >= 4 is 22.8 Å². The number of ether oxygens (including phenoxy) is 1. The monoisotopic (exact) mass is 383 g/mol. The Bertz CT molecular complexity index is 937. The van der Waals surface area contributed by atoms with Crippen molar-refractivity contribution in [2.24, 2.45) is 5.92 Å². The molecule has 2 aliphatic rings. The van der Waals surface area contributed by atoms with Crippen molar-refractivity contribution in [2.45, 2.75) is 51.1 Å². The second-order valence-corrected chi connectivity index (χ2v) is 7.70. The first-order valence-corrected chi connectivity index (χ1v) is 10.0. The molecule has 4 rings (SSSR count). The number of carbonyl (C=O) groups is 2. The van der Waals surface area contributed by atoms with E-state index in [1.807, 2.05) is 4.90 Å². The van der Waals surface area contributed by atoms with E-state index >= 15 is 0 Å². The minimum atomic E-state index is -0.607. The highest BCUT2D eigenvalue weighted by Crippen LogP contribution is 2.35. The van der Waals surface area contributed by atoms with Crippen molar-refractivity contribution in [1.82, 2.24) is 14.5 Å². The number of nitrogens with zero attached hydrogens (tertiary/aromatic N) is 3. The molecule has 1 aromatic heterocycles. The van der Waals surface area contributed by atoms with Crippen LogP contribution >= 0.6 is 0 Å². The van der Waals surface area contributed by atoms with Gasteiger partial charge in [-0.25, -0.2) is 4.98 Å². The van der Waals surface area contributed by atoms with Gasteiger partial charge < -0.3 is 9.64 Å². The molecule has 1 aliphatic carbocycles. The number of para-hydroxylation sites is 1. The van der Waals surface area contributed by atoms with E-state index in [2.05, 4.69) is 4.98 Å². The predicted molar refractivity (Wildman–Crippen MR) is 104 cm³/mol. The summed E-state index contributed by atoms with van der Waals surface area (Å²) in [7, 11) is 0. The maximum absolute atomic E-state index is 12.6. The van der Waals surface area contributed by atoms with Crippen LogP contribution in [0.4, 0.5) is 0 Å². The van der Waals surface area contributed by atoms with Gasteiger partial charge in [0.15, 0.2) is 6.61 Å². The molecule has 0 bridgehead atoms. The maximum Gasteiger partial charge on any atom is 0.326 e. The average molecular weight is 383 g/mol. The van der Waals surface area contributed by atoms with Crippen molar-refractivity contribution in [3.63, 3.8) is 0 Å². The Kier molecular flexibility index (Phi) is 5.41. The number of hydrogen-bond donors (Lipinski definition) is 0. The lowest BCUT2D eigenvalue weighted by atomic mass is 9.78. The van der Waals surface area contributed by atoms with Gasteiger partial charge in [-0.2, -0.15) is 0 Å². The van der Waals surface area contributed by atoms with Crippen LogP contribution in [0.5, 0.6) is 0 Å². The number of rotatable bonds is 4. The summed E-state index contributed by atoms with van der Waals surface area (Å²) >= 11 is 0. The summed E-state index contributed by atoms with van der Waals surface area (Å²) in [6, 6.07) is 7.27. The molecule has 0 spiro atoms. The number of likely N-dealkylation sites (tertiary alicyclic amines) is 1. The number of hydrogen-bond acceptors (Lipinski definition) is 5. The van der Waals surface area contributed by atoms with Crippen molar-refractivity contribution in [2.75, 3.05) is 13.2 Å². The summed E-state index contributed by atoms with van der Waals surface area (Å²) in [5.41, 5.74) is 0.286. The van der Waals surface area contributed by atoms with E-state index in [4.69, 9.17) is 4.74 Å². The van der Waals surface area contributed by atoms with Gasteiger partial charge >= 0.3 is 5.97 Å². The average Bonchev–Trinajstić information content (AvgIpc) is 2.74. The Hall–Kier alpha value is -2.70. The van der Waals surface area contributed by atoms with Gasteiger partial charge in [-0.15, -0.1) is 0 Å². The minimum absolute atomic E-state index is 0.131. The predicted octanol–water partition coefficient (Wildman–Crippen LogP) is 2.12. The van der Waals surface area contributed by atoms with E-state index in [-0.39, 0.29) is 24.6 Å². The van der Waals surface area contributed by atoms with E-state index in [9.17, 15) is 14.4 Å². The first-order chi connectivity index (χ1) is 13.6. The molecule has 7 nitrogen and oxygen atoms in total. The highest BCUT2D eigenvalue weighted by atomic mass is 16.5. The largest absolute Gasteiger partial charge is 0.454 e. The van der Waals surface area contributed by atoms with Crippen LogP contribution in [-0.2, 0) is 20.9 Å². The summed E-state index contributed by atoms with van der Waals surface area (Å²) < 4.78 is 6.41. The summed E-state index contributed by atoms with van der Waals surface area (Å²) in [5, 5.41) is 0.450. The van der Waals surface area contributed by atoms with Crippen LogP contribution in [0.2, 0.25) is 0 Å². The minimum Gasteiger partial charge on any atom is -0.454 e. The smallest absolute Gasteiger partial charge is 0.326 e. The van der Waals surface area contributed by atoms with Crippen LogP contribution in [0, 0.1) is 5.92 Å². The molecule has 7 heteroatoms. The van der Waals surface area contributed by atoms with Crippen LogP contribution in [0.3, 0.4) is 0 Å². The first-order valence-electron chi connectivity index (χ1n) is 10.0. The Morgan fingerprint density at radius 3 is 2.79 bits per heavy atom. The molecule has 0 N–H and O–H groups in total. The van der Waals surface area contributed by atoms with E-state index in [0.29, 0.717) is 22.9 Å². The van der Waals surface area contributed by atoms with Gasteiger partial charge in [0.05, 0.1) is 17.2 Å². The third-order valence-corrected chi connectivity index (χ3v) is 5.95. The third-order valence-electron chi connectivity index (χ3n) is 5.95. The molecule has 1 saturated carbocycles. The van der Waals surface area contributed by atoms with Gasteiger partial charge in [0, 0.05) is 12.6 Å². The molecule has 1 aromatic carbocycles. The second-order valence-electron chi connectivity index (χ2n) is 7.70. The van der Waals surface area contributed by atoms with Gasteiger partial charge in [0.1, 0.15) is 6.54 Å². The Labute approximate surface area is 163 Å². The van der Waals surface area contributed by atoms with Gasteiger partial charge in [0.25, 0.3) is 11.5 Å². The fraction of sp³-hybridized carbons (Fsp3) is 0.524. The third kappa shape index (κ3) is 3.79. The molecular formula is C21H25N3O4. The molecule has 1 amide bonds. The zero-order valence-corrected chi connectivity index (χ0v) is 15.9.